The summed E-state index contributed by atoms with van der Waals surface area (Å²) in [6.07, 6.45) is 1.27. The fourth-order valence-corrected chi connectivity index (χ4v) is 2.91. The van der Waals surface area contributed by atoms with Gasteiger partial charge in [0.25, 0.3) is 0 Å². The van der Waals surface area contributed by atoms with Crippen LogP contribution in [0.3, 0.4) is 0 Å². The van der Waals surface area contributed by atoms with Crippen molar-refractivity contribution in [3.8, 4) is 0 Å². The van der Waals surface area contributed by atoms with Crippen molar-refractivity contribution in [3.05, 3.63) is 35.9 Å². The van der Waals surface area contributed by atoms with E-state index < -0.39 is 10.0 Å². The van der Waals surface area contributed by atoms with E-state index in [-0.39, 0.29) is 11.5 Å². The summed E-state index contributed by atoms with van der Waals surface area (Å²) in [6.45, 7) is 7.20. The zero-order valence-corrected chi connectivity index (χ0v) is 13.9. The van der Waals surface area contributed by atoms with Crippen LogP contribution in [0.15, 0.2) is 30.3 Å². The van der Waals surface area contributed by atoms with Crippen LogP contribution in [0.1, 0.15) is 26.3 Å². The molecule has 0 spiro atoms. The van der Waals surface area contributed by atoms with Gasteiger partial charge in [-0.3, -0.25) is 0 Å². The van der Waals surface area contributed by atoms with E-state index >= 15 is 0 Å². The molecule has 0 aliphatic heterocycles. The van der Waals surface area contributed by atoms with Gasteiger partial charge in [0.05, 0.1) is 6.26 Å². The van der Waals surface area contributed by atoms with Gasteiger partial charge < -0.3 is 5.32 Å². The van der Waals surface area contributed by atoms with E-state index in [1.807, 2.05) is 37.4 Å². The maximum atomic E-state index is 12.0. The predicted molar refractivity (Wildman–Crippen MR) is 84.0 cm³/mol. The zero-order valence-electron chi connectivity index (χ0n) is 13.1. The van der Waals surface area contributed by atoms with E-state index in [1.54, 1.807) is 0 Å². The summed E-state index contributed by atoms with van der Waals surface area (Å²) in [7, 11) is -1.36. The largest absolute Gasteiger partial charge is 0.315 e. The molecule has 0 saturated carbocycles. The third kappa shape index (κ3) is 5.23. The molecule has 5 heteroatoms. The fourth-order valence-electron chi connectivity index (χ4n) is 2.11. The maximum Gasteiger partial charge on any atom is 0.211 e. The fraction of sp³-hybridized carbons (Fsp3) is 0.600. The summed E-state index contributed by atoms with van der Waals surface area (Å²) in [5, 5.41) is 3.22. The first-order chi connectivity index (χ1) is 9.14. The Morgan fingerprint density at radius 2 is 1.75 bits per heavy atom. The van der Waals surface area contributed by atoms with Crippen LogP contribution in [0, 0.1) is 5.41 Å². The van der Waals surface area contributed by atoms with Gasteiger partial charge in [0.15, 0.2) is 0 Å². The number of hydrogen-bond donors (Lipinski definition) is 1. The number of nitrogens with zero attached hydrogens (tertiary/aromatic N) is 1. The molecule has 1 N–H and O–H groups in total. The highest BCUT2D eigenvalue weighted by Crippen LogP contribution is 2.21. The smallest absolute Gasteiger partial charge is 0.211 e. The summed E-state index contributed by atoms with van der Waals surface area (Å²) in [4.78, 5) is 0. The molecule has 4 nitrogen and oxygen atoms in total. The maximum absolute atomic E-state index is 12.0. The topological polar surface area (TPSA) is 49.4 Å². The number of hydrogen-bond acceptors (Lipinski definition) is 3. The Balaban J connectivity index is 2.92. The lowest BCUT2D eigenvalue weighted by molar-refractivity contribution is 0.232. The van der Waals surface area contributed by atoms with Gasteiger partial charge in [0.1, 0.15) is 0 Å². The molecule has 1 atom stereocenters. The third-order valence-corrected chi connectivity index (χ3v) is 4.67. The van der Waals surface area contributed by atoms with Crippen LogP contribution in [0.25, 0.3) is 0 Å². The minimum Gasteiger partial charge on any atom is -0.315 e. The van der Waals surface area contributed by atoms with Gasteiger partial charge in [0.2, 0.25) is 10.0 Å². The first-order valence-electron chi connectivity index (χ1n) is 6.81. The SMILES string of the molecule is CN[C@H](CN(Cc1ccccc1)S(C)(=O)=O)C(C)(C)C. The van der Waals surface area contributed by atoms with E-state index in [4.69, 9.17) is 0 Å². The molecule has 1 aromatic rings. The van der Waals surface area contributed by atoms with Gasteiger partial charge in [0, 0.05) is 19.1 Å². The van der Waals surface area contributed by atoms with Gasteiger partial charge >= 0.3 is 0 Å². The van der Waals surface area contributed by atoms with E-state index in [0.717, 1.165) is 5.56 Å². The highest BCUT2D eigenvalue weighted by atomic mass is 32.2. The van der Waals surface area contributed by atoms with Gasteiger partial charge in [-0.1, -0.05) is 51.1 Å². The molecule has 0 unspecified atom stereocenters. The van der Waals surface area contributed by atoms with E-state index in [1.165, 1.54) is 10.6 Å². The van der Waals surface area contributed by atoms with Gasteiger partial charge in [-0.05, 0) is 18.0 Å². The number of likely N-dealkylation sites (N-methyl/N-ethyl adjacent to an activating group) is 1. The Bertz CT molecular complexity index is 506. The van der Waals surface area contributed by atoms with Gasteiger partial charge in [-0.25, -0.2) is 8.42 Å². The van der Waals surface area contributed by atoms with Gasteiger partial charge in [-0.2, -0.15) is 4.31 Å². The van der Waals surface area contributed by atoms with Crippen LogP contribution in [-0.4, -0.2) is 38.6 Å². The zero-order chi connectivity index (χ0) is 15.4. The Labute approximate surface area is 123 Å². The molecule has 1 aromatic carbocycles. The Hall–Kier alpha value is -0.910. The Morgan fingerprint density at radius 1 is 1.20 bits per heavy atom. The van der Waals surface area contributed by atoms with Crippen molar-refractivity contribution in [2.45, 2.75) is 33.4 Å². The summed E-state index contributed by atoms with van der Waals surface area (Å²) < 4.78 is 25.6. The van der Waals surface area contributed by atoms with E-state index in [9.17, 15) is 8.42 Å². The predicted octanol–water partition coefficient (Wildman–Crippen LogP) is 2.08. The quantitative estimate of drug-likeness (QED) is 0.875. The second kappa shape index (κ2) is 6.70. The molecule has 0 aliphatic rings. The average molecular weight is 298 g/mol. The Kier molecular flexibility index (Phi) is 5.74. The summed E-state index contributed by atoms with van der Waals surface area (Å²) in [6, 6.07) is 9.78. The lowest BCUT2D eigenvalue weighted by Crippen LogP contribution is -2.48. The molecule has 20 heavy (non-hydrogen) atoms. The number of nitrogens with one attached hydrogen (secondary N) is 1. The minimum absolute atomic E-state index is 0.00558. The first kappa shape index (κ1) is 17.1. The van der Waals surface area contributed by atoms with Crippen LogP contribution in [0.2, 0.25) is 0 Å². The minimum atomic E-state index is -3.24. The van der Waals surface area contributed by atoms with Crippen LogP contribution < -0.4 is 5.32 Å². The number of sulfonamides is 1. The van der Waals surface area contributed by atoms with Crippen LogP contribution in [0.4, 0.5) is 0 Å². The van der Waals surface area contributed by atoms with Crippen molar-refractivity contribution in [3.63, 3.8) is 0 Å². The van der Waals surface area contributed by atoms with E-state index in [0.29, 0.717) is 13.1 Å². The standard InChI is InChI=1S/C15H26N2O2S/c1-15(2,3)14(16-4)12-17(20(5,18)19)11-13-9-7-6-8-10-13/h6-10,14,16H,11-12H2,1-5H3/t14-/m1/s1. The van der Waals surface area contributed by atoms with Crippen molar-refractivity contribution in [1.82, 2.24) is 9.62 Å². The summed E-state index contributed by atoms with van der Waals surface area (Å²) in [5.74, 6) is 0. The van der Waals surface area contributed by atoms with Crippen molar-refractivity contribution < 1.29 is 8.42 Å². The summed E-state index contributed by atoms with van der Waals surface area (Å²) >= 11 is 0. The molecule has 0 fully saturated rings. The molecular formula is C15H26N2O2S. The molecule has 0 heterocycles. The monoisotopic (exact) mass is 298 g/mol. The molecule has 0 bridgehead atoms. The van der Waals surface area contributed by atoms with Crippen LogP contribution >= 0.6 is 0 Å². The van der Waals surface area contributed by atoms with Crippen molar-refractivity contribution in [2.24, 2.45) is 5.41 Å². The second-order valence-corrected chi connectivity index (χ2v) is 8.23. The molecular weight excluding hydrogens is 272 g/mol. The van der Waals surface area contributed by atoms with Crippen molar-refractivity contribution in [2.75, 3.05) is 19.8 Å². The van der Waals surface area contributed by atoms with Crippen molar-refractivity contribution >= 4 is 10.0 Å². The molecule has 0 radical (unpaired) electrons. The third-order valence-electron chi connectivity index (χ3n) is 3.45. The van der Waals surface area contributed by atoms with E-state index in [2.05, 4.69) is 26.1 Å². The second-order valence-electron chi connectivity index (χ2n) is 6.25. The lowest BCUT2D eigenvalue weighted by Gasteiger charge is -2.34. The molecule has 0 aliphatic carbocycles. The van der Waals surface area contributed by atoms with Crippen molar-refractivity contribution in [1.29, 1.82) is 0 Å². The highest BCUT2D eigenvalue weighted by Gasteiger charge is 2.28. The lowest BCUT2D eigenvalue weighted by atomic mass is 9.87. The normalized spacial score (nSPS) is 14.5. The molecule has 0 saturated heterocycles. The molecule has 0 amide bonds. The summed E-state index contributed by atoms with van der Waals surface area (Å²) in [5.41, 5.74) is 0.996. The van der Waals surface area contributed by atoms with Gasteiger partial charge in [-0.15, -0.1) is 0 Å². The number of rotatable bonds is 6. The highest BCUT2D eigenvalue weighted by molar-refractivity contribution is 7.88. The number of benzene rings is 1. The molecule has 0 aromatic heterocycles. The Morgan fingerprint density at radius 3 is 2.15 bits per heavy atom. The average Bonchev–Trinajstić information content (AvgIpc) is 2.32. The van der Waals surface area contributed by atoms with Crippen LogP contribution in [0.5, 0.6) is 0 Å². The van der Waals surface area contributed by atoms with Crippen LogP contribution in [-0.2, 0) is 16.6 Å². The molecule has 1 rings (SSSR count). The first-order valence-corrected chi connectivity index (χ1v) is 8.65. The molecule has 114 valence electrons.